The maximum absolute atomic E-state index is 12.1. The summed E-state index contributed by atoms with van der Waals surface area (Å²) in [5.41, 5.74) is 1.75. The molecule has 0 bridgehead atoms. The summed E-state index contributed by atoms with van der Waals surface area (Å²) >= 11 is 3.51. The molecule has 3 heteroatoms. The van der Waals surface area contributed by atoms with Crippen LogP contribution in [0.1, 0.15) is 26.2 Å². The monoisotopic (exact) mass is 293 g/mol. The van der Waals surface area contributed by atoms with Crippen LogP contribution in [-0.2, 0) is 4.79 Å². The number of hydrogen-bond acceptors (Lipinski definition) is 1. The van der Waals surface area contributed by atoms with Gasteiger partial charge < -0.3 is 5.32 Å². The van der Waals surface area contributed by atoms with Crippen LogP contribution >= 0.6 is 15.9 Å². The van der Waals surface area contributed by atoms with E-state index in [0.29, 0.717) is 5.92 Å². The third-order valence-electron chi connectivity index (χ3n) is 3.04. The van der Waals surface area contributed by atoms with E-state index >= 15 is 0 Å². The van der Waals surface area contributed by atoms with Crippen LogP contribution < -0.4 is 5.32 Å². The molecule has 1 atom stereocenters. The molecular weight excluding hydrogens is 278 g/mol. The van der Waals surface area contributed by atoms with Gasteiger partial charge in [0.15, 0.2) is 0 Å². The third kappa shape index (κ3) is 3.19. The second kappa shape index (κ2) is 5.50. The van der Waals surface area contributed by atoms with Gasteiger partial charge in [-0.05, 0) is 37.3 Å². The molecular formula is C14H16BrNO. The molecule has 1 aliphatic carbocycles. The number of benzene rings is 1. The molecule has 1 N–H and O–H groups in total. The lowest BCUT2D eigenvalue weighted by atomic mass is 9.90. The molecule has 0 heterocycles. The molecule has 2 nitrogen and oxygen atoms in total. The van der Waals surface area contributed by atoms with Crippen LogP contribution in [0.4, 0.5) is 5.69 Å². The van der Waals surface area contributed by atoms with Crippen molar-refractivity contribution in [3.8, 4) is 0 Å². The Morgan fingerprint density at radius 3 is 2.76 bits per heavy atom. The van der Waals surface area contributed by atoms with Gasteiger partial charge in [-0.15, -0.1) is 0 Å². The molecule has 0 radical (unpaired) electrons. The van der Waals surface area contributed by atoms with Gasteiger partial charge >= 0.3 is 0 Å². The number of anilines is 1. The molecule has 1 unspecified atom stereocenters. The van der Waals surface area contributed by atoms with Gasteiger partial charge in [0.25, 0.3) is 5.91 Å². The van der Waals surface area contributed by atoms with Crippen LogP contribution in [0, 0.1) is 5.92 Å². The Labute approximate surface area is 110 Å². The van der Waals surface area contributed by atoms with Crippen LogP contribution in [0.3, 0.4) is 0 Å². The zero-order valence-corrected chi connectivity index (χ0v) is 11.5. The molecule has 1 amide bonds. The second-order valence-electron chi connectivity index (χ2n) is 4.55. The highest BCUT2D eigenvalue weighted by Gasteiger charge is 2.21. The van der Waals surface area contributed by atoms with Gasteiger partial charge in [0, 0.05) is 15.7 Å². The molecule has 0 saturated heterocycles. The van der Waals surface area contributed by atoms with E-state index in [0.717, 1.165) is 35.0 Å². The normalized spacial score (nSPS) is 20.2. The molecule has 0 spiro atoms. The van der Waals surface area contributed by atoms with Crippen molar-refractivity contribution in [2.75, 3.05) is 5.32 Å². The molecule has 2 rings (SSSR count). The van der Waals surface area contributed by atoms with E-state index in [4.69, 9.17) is 0 Å². The molecule has 0 fully saturated rings. The summed E-state index contributed by atoms with van der Waals surface area (Å²) in [6.07, 6.45) is 2.99. The Morgan fingerprint density at radius 1 is 1.35 bits per heavy atom. The average molecular weight is 294 g/mol. The van der Waals surface area contributed by atoms with Crippen LogP contribution in [0.5, 0.6) is 0 Å². The van der Waals surface area contributed by atoms with E-state index in [9.17, 15) is 4.79 Å². The van der Waals surface area contributed by atoms with Crippen molar-refractivity contribution < 1.29 is 4.79 Å². The van der Waals surface area contributed by atoms with E-state index in [1.807, 2.05) is 30.3 Å². The molecule has 0 aliphatic heterocycles. The first-order valence-electron chi connectivity index (χ1n) is 5.90. The maximum atomic E-state index is 12.1. The highest BCUT2D eigenvalue weighted by molar-refractivity contribution is 9.11. The van der Waals surface area contributed by atoms with E-state index < -0.39 is 0 Å². The van der Waals surface area contributed by atoms with Crippen LogP contribution in [-0.4, -0.2) is 5.91 Å². The van der Waals surface area contributed by atoms with Crippen LogP contribution in [0.2, 0.25) is 0 Å². The Morgan fingerprint density at radius 2 is 2.06 bits per heavy atom. The van der Waals surface area contributed by atoms with Crippen LogP contribution in [0.25, 0.3) is 0 Å². The SMILES string of the molecule is CC1CCC(Br)=C(C(=O)Nc2ccccc2)C1. The largest absolute Gasteiger partial charge is 0.322 e. The highest BCUT2D eigenvalue weighted by atomic mass is 79.9. The zero-order valence-electron chi connectivity index (χ0n) is 9.87. The van der Waals surface area contributed by atoms with Gasteiger partial charge in [-0.1, -0.05) is 41.1 Å². The summed E-state index contributed by atoms with van der Waals surface area (Å²) in [5.74, 6) is 0.613. The fourth-order valence-corrected chi connectivity index (χ4v) is 2.60. The van der Waals surface area contributed by atoms with Crippen molar-refractivity contribution >= 4 is 27.5 Å². The third-order valence-corrected chi connectivity index (χ3v) is 3.92. The lowest BCUT2D eigenvalue weighted by Crippen LogP contribution is -2.19. The summed E-state index contributed by atoms with van der Waals surface area (Å²) in [5, 5.41) is 2.94. The minimum Gasteiger partial charge on any atom is -0.322 e. The van der Waals surface area contributed by atoms with Gasteiger partial charge in [0.2, 0.25) is 0 Å². The quantitative estimate of drug-likeness (QED) is 0.874. The number of rotatable bonds is 2. The smallest absolute Gasteiger partial charge is 0.252 e. The maximum Gasteiger partial charge on any atom is 0.252 e. The van der Waals surface area contributed by atoms with Crippen molar-refractivity contribution in [3.63, 3.8) is 0 Å². The minimum absolute atomic E-state index is 0.0228. The molecule has 90 valence electrons. The number of carbonyl (C=O) groups excluding carboxylic acids is 1. The number of amides is 1. The molecule has 1 aromatic carbocycles. The summed E-state index contributed by atoms with van der Waals surface area (Å²) in [6.45, 7) is 2.19. The first-order chi connectivity index (χ1) is 8.16. The van der Waals surface area contributed by atoms with Crippen molar-refractivity contribution in [2.24, 2.45) is 5.92 Å². The molecule has 1 aromatic rings. The summed E-state index contributed by atoms with van der Waals surface area (Å²) < 4.78 is 1.06. The van der Waals surface area contributed by atoms with Gasteiger partial charge in [-0.3, -0.25) is 4.79 Å². The predicted octanol–water partition coefficient (Wildman–Crippen LogP) is 4.09. The number of halogens is 1. The summed E-state index contributed by atoms with van der Waals surface area (Å²) in [7, 11) is 0. The fraction of sp³-hybridized carbons (Fsp3) is 0.357. The lowest BCUT2D eigenvalue weighted by molar-refractivity contribution is -0.113. The fourth-order valence-electron chi connectivity index (χ4n) is 2.03. The van der Waals surface area contributed by atoms with E-state index in [1.54, 1.807) is 0 Å². The van der Waals surface area contributed by atoms with E-state index in [1.165, 1.54) is 0 Å². The number of para-hydroxylation sites is 1. The first kappa shape index (κ1) is 12.4. The molecule has 1 aliphatic rings. The van der Waals surface area contributed by atoms with Crippen LogP contribution in [0.15, 0.2) is 40.4 Å². The Balaban J connectivity index is 2.10. The topological polar surface area (TPSA) is 29.1 Å². The van der Waals surface area contributed by atoms with Gasteiger partial charge in [-0.2, -0.15) is 0 Å². The minimum atomic E-state index is 0.0228. The summed E-state index contributed by atoms with van der Waals surface area (Å²) in [4.78, 5) is 12.1. The van der Waals surface area contributed by atoms with E-state index in [2.05, 4.69) is 28.2 Å². The van der Waals surface area contributed by atoms with Gasteiger partial charge in [0.1, 0.15) is 0 Å². The van der Waals surface area contributed by atoms with E-state index in [-0.39, 0.29) is 5.91 Å². The number of carbonyl (C=O) groups is 1. The second-order valence-corrected chi connectivity index (χ2v) is 5.51. The first-order valence-corrected chi connectivity index (χ1v) is 6.70. The Kier molecular flexibility index (Phi) is 4.00. The molecule has 17 heavy (non-hydrogen) atoms. The summed E-state index contributed by atoms with van der Waals surface area (Å²) in [6, 6.07) is 9.58. The zero-order chi connectivity index (χ0) is 12.3. The number of allylic oxidation sites excluding steroid dienone is 1. The lowest BCUT2D eigenvalue weighted by Gasteiger charge is -2.21. The van der Waals surface area contributed by atoms with Crippen molar-refractivity contribution in [3.05, 3.63) is 40.4 Å². The van der Waals surface area contributed by atoms with Crippen molar-refractivity contribution in [1.29, 1.82) is 0 Å². The van der Waals surface area contributed by atoms with Crippen molar-refractivity contribution in [2.45, 2.75) is 26.2 Å². The Bertz CT molecular complexity index is 439. The van der Waals surface area contributed by atoms with Crippen molar-refractivity contribution in [1.82, 2.24) is 0 Å². The van der Waals surface area contributed by atoms with Gasteiger partial charge in [0.05, 0.1) is 0 Å². The average Bonchev–Trinajstić information content (AvgIpc) is 2.33. The number of hydrogen-bond donors (Lipinski definition) is 1. The predicted molar refractivity (Wildman–Crippen MR) is 74.0 cm³/mol. The van der Waals surface area contributed by atoms with Gasteiger partial charge in [-0.25, -0.2) is 0 Å². The molecule has 0 saturated carbocycles. The standard InChI is InChI=1S/C14H16BrNO/c1-10-7-8-13(15)12(9-10)14(17)16-11-5-3-2-4-6-11/h2-6,10H,7-9H2,1H3,(H,16,17). The Hall–Kier alpha value is -1.09. The molecule has 0 aromatic heterocycles. The highest BCUT2D eigenvalue weighted by Crippen LogP contribution is 2.33. The number of nitrogens with one attached hydrogen (secondary N) is 1.